The summed E-state index contributed by atoms with van der Waals surface area (Å²) in [5.74, 6) is -1.29. The molecule has 5 rings (SSSR count). The van der Waals surface area contributed by atoms with Gasteiger partial charge in [-0.25, -0.2) is 14.2 Å². The normalized spacial score (nSPS) is 12.6. The fourth-order valence-corrected chi connectivity index (χ4v) is 5.25. The van der Waals surface area contributed by atoms with Crippen LogP contribution in [-0.4, -0.2) is 58.0 Å². The highest BCUT2D eigenvalue weighted by atomic mass is 16.6. The molecule has 0 radical (unpaired) electrons. The number of amides is 1. The number of carbonyl (C=O) groups excluding carboxylic acids is 2. The van der Waals surface area contributed by atoms with E-state index >= 15 is 0 Å². The number of hydrogen-bond donors (Lipinski definition) is 1. The third-order valence-corrected chi connectivity index (χ3v) is 6.92. The molecule has 1 heterocycles. The largest absolute Gasteiger partial charge is 0.480 e. The van der Waals surface area contributed by atoms with Gasteiger partial charge >= 0.3 is 18.2 Å². The third kappa shape index (κ3) is 5.57. The van der Waals surface area contributed by atoms with E-state index in [1.54, 1.807) is 20.8 Å². The molecule has 0 bridgehead atoms. The highest BCUT2D eigenvalue weighted by molar-refractivity contribution is 5.91. The number of rotatable bonds is 7. The molecule has 0 spiro atoms. The number of carboxylic acids is 1. The molecule has 1 N–H and O–H groups in total. The molecule has 1 aliphatic carbocycles. The predicted octanol–water partition coefficient (Wildman–Crippen LogP) is 6.30. The van der Waals surface area contributed by atoms with Crippen molar-refractivity contribution in [3.05, 3.63) is 95.7 Å². The molecular formula is C32H32N2O6. The summed E-state index contributed by atoms with van der Waals surface area (Å²) in [6, 6.07) is 25.3. The van der Waals surface area contributed by atoms with Gasteiger partial charge in [-0.2, -0.15) is 0 Å². The van der Waals surface area contributed by atoms with E-state index in [0.29, 0.717) is 11.2 Å². The Morgan fingerprint density at radius 3 is 2.12 bits per heavy atom. The molecule has 8 nitrogen and oxygen atoms in total. The van der Waals surface area contributed by atoms with Gasteiger partial charge in [-0.3, -0.25) is 9.69 Å². The van der Waals surface area contributed by atoms with Crippen LogP contribution in [0.3, 0.4) is 0 Å². The second-order valence-electron chi connectivity index (χ2n) is 10.9. The van der Waals surface area contributed by atoms with Crippen molar-refractivity contribution in [2.45, 2.75) is 38.7 Å². The van der Waals surface area contributed by atoms with Crippen LogP contribution in [0.5, 0.6) is 0 Å². The maximum absolute atomic E-state index is 13.2. The average Bonchev–Trinajstić information content (AvgIpc) is 3.44. The first kappa shape index (κ1) is 27.0. The summed E-state index contributed by atoms with van der Waals surface area (Å²) in [5, 5.41) is 10.4. The lowest BCUT2D eigenvalue weighted by Gasteiger charge is -2.23. The minimum Gasteiger partial charge on any atom is -0.480 e. The van der Waals surface area contributed by atoms with Crippen molar-refractivity contribution in [3.8, 4) is 11.1 Å². The molecule has 1 aromatic heterocycles. The van der Waals surface area contributed by atoms with Crippen LogP contribution in [0, 0.1) is 0 Å². The molecular weight excluding hydrogens is 508 g/mol. The van der Waals surface area contributed by atoms with Gasteiger partial charge in [-0.1, -0.05) is 66.7 Å². The zero-order chi connectivity index (χ0) is 28.4. The predicted molar refractivity (Wildman–Crippen MR) is 152 cm³/mol. The maximum Gasteiger partial charge on any atom is 0.419 e. The second kappa shape index (κ2) is 10.9. The summed E-state index contributed by atoms with van der Waals surface area (Å²) in [6.07, 6.45) is -1.02. The molecule has 0 unspecified atom stereocenters. The molecule has 1 aliphatic rings. The van der Waals surface area contributed by atoms with Gasteiger partial charge in [0, 0.05) is 30.0 Å². The molecule has 4 aromatic rings. The fraction of sp³-hybridized carbons (Fsp3) is 0.281. The van der Waals surface area contributed by atoms with Crippen LogP contribution in [0.4, 0.5) is 9.59 Å². The zero-order valence-corrected chi connectivity index (χ0v) is 22.8. The quantitative estimate of drug-likeness (QED) is 0.295. The van der Waals surface area contributed by atoms with Crippen molar-refractivity contribution >= 4 is 29.1 Å². The van der Waals surface area contributed by atoms with E-state index in [-0.39, 0.29) is 25.5 Å². The maximum atomic E-state index is 13.2. The van der Waals surface area contributed by atoms with E-state index < -0.39 is 30.3 Å². The van der Waals surface area contributed by atoms with Crippen LogP contribution >= 0.6 is 0 Å². The van der Waals surface area contributed by atoms with Gasteiger partial charge in [0.05, 0.1) is 5.52 Å². The first-order chi connectivity index (χ1) is 19.1. The Kier molecular flexibility index (Phi) is 7.34. The number of ether oxygens (including phenoxy) is 2. The van der Waals surface area contributed by atoms with Gasteiger partial charge in [-0.05, 0) is 55.2 Å². The molecule has 40 heavy (non-hydrogen) atoms. The fourth-order valence-electron chi connectivity index (χ4n) is 5.25. The second-order valence-corrected chi connectivity index (χ2v) is 10.9. The Morgan fingerprint density at radius 2 is 1.50 bits per heavy atom. The Hall–Kier alpha value is -4.59. The first-order valence-electron chi connectivity index (χ1n) is 13.3. The lowest BCUT2D eigenvalue weighted by atomic mass is 9.98. The van der Waals surface area contributed by atoms with Crippen molar-refractivity contribution in [1.82, 2.24) is 9.47 Å². The minimum absolute atomic E-state index is 0.0437. The van der Waals surface area contributed by atoms with Gasteiger partial charge in [0.25, 0.3) is 0 Å². The Bertz CT molecular complexity index is 1540. The van der Waals surface area contributed by atoms with E-state index in [1.807, 2.05) is 66.7 Å². The lowest BCUT2D eigenvalue weighted by molar-refractivity contribution is -0.138. The lowest BCUT2D eigenvalue weighted by Crippen LogP contribution is -2.38. The highest BCUT2D eigenvalue weighted by Crippen LogP contribution is 2.44. The van der Waals surface area contributed by atoms with Crippen molar-refractivity contribution in [1.29, 1.82) is 0 Å². The smallest absolute Gasteiger partial charge is 0.419 e. The van der Waals surface area contributed by atoms with E-state index in [2.05, 4.69) is 12.1 Å². The average molecular weight is 541 g/mol. The zero-order valence-electron chi connectivity index (χ0n) is 22.8. The molecule has 0 saturated heterocycles. The monoisotopic (exact) mass is 540 g/mol. The SMILES string of the molecule is CC(C)(C)OC(=O)n1c(CCN(CC(=O)O)C(=O)OCC2c3ccccc3-c3ccccc32)cc2ccccc21. The molecule has 0 saturated carbocycles. The number of fused-ring (bicyclic) bond motifs is 4. The summed E-state index contributed by atoms with van der Waals surface area (Å²) in [6.45, 7) is 4.98. The Labute approximate surface area is 232 Å². The molecule has 1 amide bonds. The minimum atomic E-state index is -1.15. The van der Waals surface area contributed by atoms with Crippen LogP contribution in [0.15, 0.2) is 78.9 Å². The Balaban J connectivity index is 1.34. The molecule has 3 aromatic carbocycles. The van der Waals surface area contributed by atoms with Crippen molar-refractivity contribution in [2.24, 2.45) is 0 Å². The van der Waals surface area contributed by atoms with Crippen LogP contribution < -0.4 is 0 Å². The van der Waals surface area contributed by atoms with Crippen molar-refractivity contribution < 1.29 is 29.0 Å². The van der Waals surface area contributed by atoms with Gasteiger partial charge in [0.1, 0.15) is 18.8 Å². The summed E-state index contributed by atoms with van der Waals surface area (Å²) in [5.41, 5.74) is 4.95. The standard InChI is InChI=1S/C32H32N2O6/c1-32(2,3)40-31(38)34-22(18-21-10-4-9-15-28(21)34)16-17-33(19-29(35)36)30(37)39-20-27-25-13-7-5-11-23(25)24-12-6-8-14-26(24)27/h4-15,18,27H,16-17,19-20H2,1-3H3,(H,35,36). The van der Waals surface area contributed by atoms with Crippen LogP contribution in [0.25, 0.3) is 22.0 Å². The van der Waals surface area contributed by atoms with E-state index in [9.17, 15) is 19.5 Å². The topological polar surface area (TPSA) is 98.1 Å². The summed E-state index contributed by atoms with van der Waals surface area (Å²) >= 11 is 0. The van der Waals surface area contributed by atoms with Gasteiger partial charge in [0.15, 0.2) is 0 Å². The van der Waals surface area contributed by atoms with Crippen LogP contribution in [-0.2, 0) is 20.7 Å². The molecule has 8 heteroatoms. The highest BCUT2D eigenvalue weighted by Gasteiger charge is 2.30. The number of nitrogens with zero attached hydrogens (tertiary/aromatic N) is 2. The number of hydrogen-bond acceptors (Lipinski definition) is 5. The number of aliphatic carboxylic acids is 1. The number of benzene rings is 3. The first-order valence-corrected chi connectivity index (χ1v) is 13.3. The van der Waals surface area contributed by atoms with E-state index in [1.165, 1.54) is 4.57 Å². The van der Waals surface area contributed by atoms with E-state index in [4.69, 9.17) is 9.47 Å². The van der Waals surface area contributed by atoms with Crippen molar-refractivity contribution in [3.63, 3.8) is 0 Å². The molecule has 0 fully saturated rings. The van der Waals surface area contributed by atoms with Crippen molar-refractivity contribution in [2.75, 3.05) is 19.7 Å². The van der Waals surface area contributed by atoms with Gasteiger partial charge < -0.3 is 14.6 Å². The number of aromatic nitrogens is 1. The van der Waals surface area contributed by atoms with Gasteiger partial charge in [-0.15, -0.1) is 0 Å². The summed E-state index contributed by atoms with van der Waals surface area (Å²) in [4.78, 5) is 39.1. The number of carboxylic acid groups (broad SMARTS) is 1. The van der Waals surface area contributed by atoms with Crippen LogP contribution in [0.1, 0.15) is 43.5 Å². The summed E-state index contributed by atoms with van der Waals surface area (Å²) in [7, 11) is 0. The Morgan fingerprint density at radius 1 is 0.900 bits per heavy atom. The molecule has 0 aliphatic heterocycles. The third-order valence-electron chi connectivity index (χ3n) is 6.92. The van der Waals surface area contributed by atoms with E-state index in [0.717, 1.165) is 32.5 Å². The van der Waals surface area contributed by atoms with Crippen LogP contribution in [0.2, 0.25) is 0 Å². The molecule has 0 atom stereocenters. The number of carbonyl (C=O) groups is 3. The van der Waals surface area contributed by atoms with Gasteiger partial charge in [0.2, 0.25) is 0 Å². The summed E-state index contributed by atoms with van der Waals surface area (Å²) < 4.78 is 12.8. The molecule has 206 valence electrons. The number of para-hydroxylation sites is 1.